The van der Waals surface area contributed by atoms with Crippen molar-refractivity contribution in [3.63, 3.8) is 0 Å². The Morgan fingerprint density at radius 3 is 2.33 bits per heavy atom. The summed E-state index contributed by atoms with van der Waals surface area (Å²) in [7, 11) is 0. The lowest BCUT2D eigenvalue weighted by Gasteiger charge is -2.10. The summed E-state index contributed by atoms with van der Waals surface area (Å²) in [4.78, 5) is 12.4. The van der Waals surface area contributed by atoms with Crippen LogP contribution in [0.4, 0.5) is 0 Å². The smallest absolute Gasteiger partial charge is 0.267 e. The number of aryl methyl sites for hydroxylation is 1. The van der Waals surface area contributed by atoms with E-state index in [2.05, 4.69) is 5.10 Å². The van der Waals surface area contributed by atoms with Crippen LogP contribution in [0.2, 0.25) is 5.02 Å². The number of benzene rings is 2. The van der Waals surface area contributed by atoms with Crippen molar-refractivity contribution < 1.29 is 0 Å². The van der Waals surface area contributed by atoms with Gasteiger partial charge in [0.15, 0.2) is 0 Å². The summed E-state index contributed by atoms with van der Waals surface area (Å²) in [5.41, 5.74) is 1.55. The summed E-state index contributed by atoms with van der Waals surface area (Å²) in [6.07, 6.45) is 0. The third-order valence-electron chi connectivity index (χ3n) is 3.28. The first-order valence-corrected chi connectivity index (χ1v) is 7.44. The van der Waals surface area contributed by atoms with Crippen LogP contribution in [0.25, 0.3) is 22.0 Å². The molecule has 0 spiro atoms. The summed E-state index contributed by atoms with van der Waals surface area (Å²) in [5.74, 6) is 0.339. The van der Waals surface area contributed by atoms with Crippen LogP contribution in [0, 0.1) is 0 Å². The average molecular weight is 319 g/mol. The Hall–Kier alpha value is -1.84. The van der Waals surface area contributed by atoms with E-state index < -0.39 is 0 Å². The van der Waals surface area contributed by atoms with Gasteiger partial charge in [0.1, 0.15) is 0 Å². The molecule has 1 heterocycles. The Morgan fingerprint density at radius 1 is 1.00 bits per heavy atom. The van der Waals surface area contributed by atoms with Gasteiger partial charge < -0.3 is 0 Å². The van der Waals surface area contributed by atoms with Crippen LogP contribution in [-0.4, -0.2) is 15.7 Å². The maximum atomic E-state index is 12.4. The van der Waals surface area contributed by atoms with E-state index in [4.69, 9.17) is 23.2 Å². The number of alkyl halides is 1. The average Bonchev–Trinajstić information content (AvgIpc) is 2.51. The zero-order chi connectivity index (χ0) is 14.8. The van der Waals surface area contributed by atoms with E-state index in [9.17, 15) is 4.79 Å². The molecule has 0 aliphatic carbocycles. The molecule has 21 heavy (non-hydrogen) atoms. The van der Waals surface area contributed by atoms with Gasteiger partial charge in [0.2, 0.25) is 0 Å². The van der Waals surface area contributed by atoms with Crippen LogP contribution >= 0.6 is 23.2 Å². The molecular formula is C16H12Cl2N2O. The Bertz CT molecular complexity index is 841. The van der Waals surface area contributed by atoms with E-state index in [1.165, 1.54) is 4.68 Å². The molecular weight excluding hydrogens is 307 g/mol. The van der Waals surface area contributed by atoms with E-state index in [0.717, 1.165) is 16.6 Å². The van der Waals surface area contributed by atoms with Gasteiger partial charge in [-0.05, 0) is 18.2 Å². The minimum Gasteiger partial charge on any atom is -0.267 e. The molecule has 0 radical (unpaired) electrons. The summed E-state index contributed by atoms with van der Waals surface area (Å²) < 4.78 is 1.42. The van der Waals surface area contributed by atoms with E-state index in [1.807, 2.05) is 48.5 Å². The van der Waals surface area contributed by atoms with Gasteiger partial charge in [-0.3, -0.25) is 4.79 Å². The van der Waals surface area contributed by atoms with Crippen molar-refractivity contribution in [2.75, 3.05) is 5.88 Å². The maximum absolute atomic E-state index is 12.4. The minimum atomic E-state index is -0.121. The quantitative estimate of drug-likeness (QED) is 0.685. The second-order valence-electron chi connectivity index (χ2n) is 4.62. The first kappa shape index (κ1) is 14.1. The van der Waals surface area contributed by atoms with Crippen molar-refractivity contribution in [1.82, 2.24) is 9.78 Å². The molecule has 0 fully saturated rings. The molecule has 0 aliphatic rings. The summed E-state index contributed by atoms with van der Waals surface area (Å²) in [6, 6.07) is 14.9. The molecule has 3 aromatic rings. The lowest BCUT2D eigenvalue weighted by molar-refractivity contribution is 0.630. The van der Waals surface area contributed by atoms with E-state index in [1.54, 1.807) is 0 Å². The number of nitrogens with zero attached hydrogens (tertiary/aromatic N) is 2. The number of hydrogen-bond donors (Lipinski definition) is 0. The second-order valence-corrected chi connectivity index (χ2v) is 5.43. The largest absolute Gasteiger partial charge is 0.274 e. The minimum absolute atomic E-state index is 0.121. The second kappa shape index (κ2) is 5.88. The monoisotopic (exact) mass is 318 g/mol. The van der Waals surface area contributed by atoms with Crippen molar-refractivity contribution in [2.45, 2.75) is 6.54 Å². The molecule has 2 aromatic carbocycles. The molecule has 0 bridgehead atoms. The topological polar surface area (TPSA) is 34.9 Å². The van der Waals surface area contributed by atoms with Crippen molar-refractivity contribution in [2.24, 2.45) is 0 Å². The molecule has 106 valence electrons. The first-order chi connectivity index (χ1) is 10.2. The van der Waals surface area contributed by atoms with Gasteiger partial charge in [0.25, 0.3) is 5.56 Å². The predicted octanol–water partition coefficient (Wildman–Crippen LogP) is 3.96. The molecule has 0 unspecified atom stereocenters. The standard InChI is InChI=1S/C16H12Cl2N2O/c17-9-10-20-16(21)14-4-2-1-3-13(14)15(19-20)11-5-7-12(18)8-6-11/h1-8H,9-10H2. The molecule has 5 heteroatoms. The third kappa shape index (κ3) is 2.67. The lowest BCUT2D eigenvalue weighted by Crippen LogP contribution is -2.24. The number of hydrogen-bond acceptors (Lipinski definition) is 2. The van der Waals surface area contributed by atoms with Gasteiger partial charge in [-0.25, -0.2) is 4.68 Å². The number of rotatable bonds is 3. The number of halogens is 2. The summed E-state index contributed by atoms with van der Waals surface area (Å²) in [5, 5.41) is 6.60. The third-order valence-corrected chi connectivity index (χ3v) is 3.70. The molecule has 3 rings (SSSR count). The lowest BCUT2D eigenvalue weighted by atomic mass is 10.1. The van der Waals surface area contributed by atoms with Crippen LogP contribution in [0.1, 0.15) is 0 Å². The Labute approximate surface area is 131 Å². The van der Waals surface area contributed by atoms with Gasteiger partial charge in [0.05, 0.1) is 17.6 Å². The summed E-state index contributed by atoms with van der Waals surface area (Å²) >= 11 is 11.7. The SMILES string of the molecule is O=c1c2ccccc2c(-c2ccc(Cl)cc2)nn1CCCl. The van der Waals surface area contributed by atoms with Crippen LogP contribution in [-0.2, 0) is 6.54 Å². The fourth-order valence-electron chi connectivity index (χ4n) is 2.29. The number of aromatic nitrogens is 2. The summed E-state index contributed by atoms with van der Waals surface area (Å²) in [6.45, 7) is 0.381. The highest BCUT2D eigenvalue weighted by molar-refractivity contribution is 6.30. The zero-order valence-electron chi connectivity index (χ0n) is 11.1. The van der Waals surface area contributed by atoms with Crippen molar-refractivity contribution in [1.29, 1.82) is 0 Å². The number of fused-ring (bicyclic) bond motifs is 1. The highest BCUT2D eigenvalue weighted by Gasteiger charge is 2.11. The van der Waals surface area contributed by atoms with Crippen LogP contribution < -0.4 is 5.56 Å². The van der Waals surface area contributed by atoms with Gasteiger partial charge in [0, 0.05) is 21.9 Å². The molecule has 0 saturated carbocycles. The van der Waals surface area contributed by atoms with Gasteiger partial charge >= 0.3 is 0 Å². The molecule has 3 nitrogen and oxygen atoms in total. The molecule has 0 aliphatic heterocycles. The predicted molar refractivity (Wildman–Crippen MR) is 87.2 cm³/mol. The first-order valence-electron chi connectivity index (χ1n) is 6.52. The van der Waals surface area contributed by atoms with Gasteiger partial charge in [-0.2, -0.15) is 5.10 Å². The molecule has 0 saturated heterocycles. The Kier molecular flexibility index (Phi) is 3.95. The van der Waals surface area contributed by atoms with Crippen molar-refractivity contribution in [3.8, 4) is 11.3 Å². The highest BCUT2D eigenvalue weighted by Crippen LogP contribution is 2.25. The van der Waals surface area contributed by atoms with Crippen LogP contribution in [0.5, 0.6) is 0 Å². The molecule has 1 aromatic heterocycles. The van der Waals surface area contributed by atoms with Crippen LogP contribution in [0.15, 0.2) is 53.3 Å². The molecule has 0 N–H and O–H groups in total. The van der Waals surface area contributed by atoms with Crippen LogP contribution in [0.3, 0.4) is 0 Å². The van der Waals surface area contributed by atoms with Gasteiger partial charge in [-0.1, -0.05) is 41.9 Å². The van der Waals surface area contributed by atoms with Crippen molar-refractivity contribution >= 4 is 34.0 Å². The van der Waals surface area contributed by atoms with E-state index in [0.29, 0.717) is 22.8 Å². The zero-order valence-corrected chi connectivity index (χ0v) is 12.6. The Balaban J connectivity index is 2.33. The maximum Gasteiger partial charge on any atom is 0.274 e. The normalized spacial score (nSPS) is 11.0. The van der Waals surface area contributed by atoms with E-state index in [-0.39, 0.29) is 5.56 Å². The fourth-order valence-corrected chi connectivity index (χ4v) is 2.57. The molecule has 0 amide bonds. The van der Waals surface area contributed by atoms with E-state index >= 15 is 0 Å². The molecule has 0 atom stereocenters. The van der Waals surface area contributed by atoms with Gasteiger partial charge in [-0.15, -0.1) is 11.6 Å². The fraction of sp³-hybridized carbons (Fsp3) is 0.125. The highest BCUT2D eigenvalue weighted by atomic mass is 35.5. The Morgan fingerprint density at radius 2 is 1.67 bits per heavy atom. The van der Waals surface area contributed by atoms with Crippen molar-refractivity contribution in [3.05, 3.63) is 63.9 Å².